The number of hydrogen-bond acceptors (Lipinski definition) is 4. The molecule has 0 aromatic carbocycles. The van der Waals surface area contributed by atoms with Gasteiger partial charge in [0.2, 0.25) is 0 Å². The number of imidazole rings is 1. The number of H-pyrrole nitrogens is 1. The lowest BCUT2D eigenvalue weighted by molar-refractivity contribution is 0.0383. The number of morpholine rings is 1. The van der Waals surface area contributed by atoms with Gasteiger partial charge < -0.3 is 15.0 Å². The fraction of sp³-hybridized carbons (Fsp3) is 0.600. The van der Waals surface area contributed by atoms with Gasteiger partial charge in [0, 0.05) is 26.2 Å². The summed E-state index contributed by atoms with van der Waals surface area (Å²) in [7, 11) is 0. The minimum absolute atomic E-state index is 0.106. The average Bonchev–Trinajstić information content (AvgIpc) is 2.84. The molecule has 16 heavy (non-hydrogen) atoms. The summed E-state index contributed by atoms with van der Waals surface area (Å²) in [6, 6.07) is 0. The molecule has 0 unspecified atom stereocenters. The molecule has 1 aromatic rings. The van der Waals surface area contributed by atoms with Gasteiger partial charge >= 0.3 is 0 Å². The highest BCUT2D eigenvalue weighted by Crippen LogP contribution is 1.95. The third-order valence-electron chi connectivity index (χ3n) is 2.56. The van der Waals surface area contributed by atoms with Crippen LogP contribution in [0.15, 0.2) is 12.5 Å². The minimum atomic E-state index is -0.106. The summed E-state index contributed by atoms with van der Waals surface area (Å²) in [6.07, 6.45) is 3.01. The smallest absolute Gasteiger partial charge is 0.269 e. The van der Waals surface area contributed by atoms with Crippen molar-refractivity contribution in [3.8, 4) is 0 Å². The third kappa shape index (κ3) is 3.04. The molecule has 0 atom stereocenters. The fourth-order valence-corrected chi connectivity index (χ4v) is 1.63. The van der Waals surface area contributed by atoms with Crippen LogP contribution >= 0.6 is 0 Å². The second-order valence-corrected chi connectivity index (χ2v) is 3.68. The van der Waals surface area contributed by atoms with Gasteiger partial charge in [0.1, 0.15) is 5.69 Å². The molecule has 6 nitrogen and oxygen atoms in total. The standard InChI is InChI=1S/C10H16N4O2/c15-10(9-7-11-8-13-9)12-1-2-14-3-5-16-6-4-14/h7-8H,1-6H2,(H,11,13)(H,12,15). The van der Waals surface area contributed by atoms with Crippen molar-refractivity contribution in [1.82, 2.24) is 20.2 Å². The molecular weight excluding hydrogens is 208 g/mol. The summed E-state index contributed by atoms with van der Waals surface area (Å²) < 4.78 is 5.24. The molecule has 0 bridgehead atoms. The van der Waals surface area contributed by atoms with E-state index in [0.717, 1.165) is 32.8 Å². The van der Waals surface area contributed by atoms with Crippen LogP contribution in [-0.4, -0.2) is 60.2 Å². The van der Waals surface area contributed by atoms with Crippen LogP contribution in [-0.2, 0) is 4.74 Å². The van der Waals surface area contributed by atoms with Crippen molar-refractivity contribution in [3.05, 3.63) is 18.2 Å². The number of nitrogens with one attached hydrogen (secondary N) is 2. The van der Waals surface area contributed by atoms with Gasteiger partial charge in [-0.05, 0) is 0 Å². The number of carbonyl (C=O) groups excluding carboxylic acids is 1. The Morgan fingerprint density at radius 2 is 2.38 bits per heavy atom. The summed E-state index contributed by atoms with van der Waals surface area (Å²) in [4.78, 5) is 20.4. The first-order chi connectivity index (χ1) is 7.86. The van der Waals surface area contributed by atoms with Crippen LogP contribution in [0.4, 0.5) is 0 Å². The zero-order valence-corrected chi connectivity index (χ0v) is 9.11. The zero-order chi connectivity index (χ0) is 11.2. The first kappa shape index (κ1) is 11.1. The van der Waals surface area contributed by atoms with Crippen molar-refractivity contribution >= 4 is 5.91 Å². The molecule has 1 aliphatic heterocycles. The van der Waals surface area contributed by atoms with Gasteiger partial charge in [-0.3, -0.25) is 9.69 Å². The predicted molar refractivity (Wildman–Crippen MR) is 58.2 cm³/mol. The number of aromatic nitrogens is 2. The molecule has 0 aliphatic carbocycles. The molecule has 1 saturated heterocycles. The SMILES string of the molecule is O=C(NCCN1CCOCC1)c1cnc[nH]1. The Bertz CT molecular complexity index is 320. The number of aromatic amines is 1. The summed E-state index contributed by atoms with van der Waals surface area (Å²) in [6.45, 7) is 4.98. The van der Waals surface area contributed by atoms with Crippen LogP contribution in [0.25, 0.3) is 0 Å². The van der Waals surface area contributed by atoms with Crippen molar-refractivity contribution in [2.75, 3.05) is 39.4 Å². The summed E-state index contributed by atoms with van der Waals surface area (Å²) in [5, 5.41) is 2.84. The number of rotatable bonds is 4. The highest BCUT2D eigenvalue weighted by molar-refractivity contribution is 5.91. The van der Waals surface area contributed by atoms with Gasteiger partial charge in [-0.25, -0.2) is 4.98 Å². The topological polar surface area (TPSA) is 70.2 Å². The van der Waals surface area contributed by atoms with Gasteiger partial charge in [-0.15, -0.1) is 0 Å². The summed E-state index contributed by atoms with van der Waals surface area (Å²) in [5.74, 6) is -0.106. The van der Waals surface area contributed by atoms with Gasteiger partial charge in [-0.1, -0.05) is 0 Å². The fourth-order valence-electron chi connectivity index (χ4n) is 1.63. The van der Waals surface area contributed by atoms with E-state index in [-0.39, 0.29) is 5.91 Å². The molecule has 6 heteroatoms. The number of carbonyl (C=O) groups is 1. The maximum Gasteiger partial charge on any atom is 0.269 e. The van der Waals surface area contributed by atoms with Crippen molar-refractivity contribution in [1.29, 1.82) is 0 Å². The second kappa shape index (κ2) is 5.62. The molecule has 1 aromatic heterocycles. The van der Waals surface area contributed by atoms with E-state index in [1.165, 1.54) is 12.5 Å². The van der Waals surface area contributed by atoms with Crippen molar-refractivity contribution in [2.45, 2.75) is 0 Å². The Kier molecular flexibility index (Phi) is 3.90. The van der Waals surface area contributed by atoms with E-state index in [0.29, 0.717) is 12.2 Å². The van der Waals surface area contributed by atoms with Crippen LogP contribution < -0.4 is 5.32 Å². The molecule has 1 aliphatic rings. The van der Waals surface area contributed by atoms with Crippen LogP contribution in [0.1, 0.15) is 10.5 Å². The van der Waals surface area contributed by atoms with Crippen LogP contribution in [0.3, 0.4) is 0 Å². The minimum Gasteiger partial charge on any atom is -0.379 e. The average molecular weight is 224 g/mol. The van der Waals surface area contributed by atoms with E-state index in [4.69, 9.17) is 4.74 Å². The summed E-state index contributed by atoms with van der Waals surface area (Å²) >= 11 is 0. The van der Waals surface area contributed by atoms with Crippen molar-refractivity contribution in [2.24, 2.45) is 0 Å². The molecule has 0 spiro atoms. The van der Waals surface area contributed by atoms with E-state index in [1.807, 2.05) is 0 Å². The lowest BCUT2D eigenvalue weighted by Crippen LogP contribution is -2.41. The van der Waals surface area contributed by atoms with Gasteiger partial charge in [-0.2, -0.15) is 0 Å². The number of hydrogen-bond donors (Lipinski definition) is 2. The Balaban J connectivity index is 1.66. The normalized spacial score (nSPS) is 17.2. The molecule has 1 fully saturated rings. The molecule has 0 saturated carbocycles. The van der Waals surface area contributed by atoms with E-state index in [9.17, 15) is 4.79 Å². The molecule has 2 rings (SSSR count). The molecular formula is C10H16N4O2. The molecule has 2 heterocycles. The van der Waals surface area contributed by atoms with Gasteiger partial charge in [0.05, 0.1) is 25.7 Å². The molecule has 1 amide bonds. The molecule has 0 radical (unpaired) electrons. The van der Waals surface area contributed by atoms with E-state index >= 15 is 0 Å². The number of ether oxygens (including phenoxy) is 1. The Labute approximate surface area is 94.0 Å². The van der Waals surface area contributed by atoms with Crippen LogP contribution in [0, 0.1) is 0 Å². The quantitative estimate of drug-likeness (QED) is 0.721. The molecule has 2 N–H and O–H groups in total. The van der Waals surface area contributed by atoms with Crippen LogP contribution in [0.5, 0.6) is 0 Å². The highest BCUT2D eigenvalue weighted by Gasteiger charge is 2.10. The Hall–Kier alpha value is -1.40. The highest BCUT2D eigenvalue weighted by atomic mass is 16.5. The zero-order valence-electron chi connectivity index (χ0n) is 9.11. The molecule has 88 valence electrons. The first-order valence-electron chi connectivity index (χ1n) is 5.43. The predicted octanol–water partition coefficient (Wildman–Crippen LogP) is -0.528. The van der Waals surface area contributed by atoms with Gasteiger partial charge in [0.15, 0.2) is 0 Å². The maximum atomic E-state index is 11.5. The van der Waals surface area contributed by atoms with Crippen molar-refractivity contribution < 1.29 is 9.53 Å². The van der Waals surface area contributed by atoms with Gasteiger partial charge in [0.25, 0.3) is 5.91 Å². The monoisotopic (exact) mass is 224 g/mol. The van der Waals surface area contributed by atoms with E-state index < -0.39 is 0 Å². The van der Waals surface area contributed by atoms with Crippen LogP contribution in [0.2, 0.25) is 0 Å². The second-order valence-electron chi connectivity index (χ2n) is 3.68. The van der Waals surface area contributed by atoms with E-state index in [1.54, 1.807) is 0 Å². The first-order valence-corrected chi connectivity index (χ1v) is 5.43. The largest absolute Gasteiger partial charge is 0.379 e. The Morgan fingerprint density at radius 3 is 3.06 bits per heavy atom. The Morgan fingerprint density at radius 1 is 1.56 bits per heavy atom. The maximum absolute atomic E-state index is 11.5. The lowest BCUT2D eigenvalue weighted by atomic mass is 10.4. The van der Waals surface area contributed by atoms with E-state index in [2.05, 4.69) is 20.2 Å². The number of nitrogens with zero attached hydrogens (tertiary/aromatic N) is 2. The van der Waals surface area contributed by atoms with Crippen molar-refractivity contribution in [3.63, 3.8) is 0 Å². The third-order valence-corrected chi connectivity index (χ3v) is 2.56. The summed E-state index contributed by atoms with van der Waals surface area (Å²) in [5.41, 5.74) is 0.502. The lowest BCUT2D eigenvalue weighted by Gasteiger charge is -2.26. The number of amides is 1.